The summed E-state index contributed by atoms with van der Waals surface area (Å²) in [5.41, 5.74) is 10.7. The third-order valence-corrected chi connectivity index (χ3v) is 8.57. The fourth-order valence-electron chi connectivity index (χ4n) is 5.28. The van der Waals surface area contributed by atoms with Gasteiger partial charge in [0.05, 0.1) is 16.4 Å². The highest BCUT2D eigenvalue weighted by Crippen LogP contribution is 2.28. The van der Waals surface area contributed by atoms with Gasteiger partial charge in [0.15, 0.2) is 17.0 Å². The zero-order valence-electron chi connectivity index (χ0n) is 26.0. The molecule has 2 aromatic heterocycles. The average molecular weight is 682 g/mol. The van der Waals surface area contributed by atoms with Crippen molar-refractivity contribution in [1.29, 1.82) is 0 Å². The van der Waals surface area contributed by atoms with Crippen LogP contribution in [0.5, 0.6) is 0 Å². The molecule has 9 nitrogen and oxygen atoms in total. The van der Waals surface area contributed by atoms with Crippen LogP contribution in [-0.4, -0.2) is 48.8 Å². The largest absolute Gasteiger partial charge is 0.488 e. The van der Waals surface area contributed by atoms with E-state index in [0.29, 0.717) is 24.4 Å². The van der Waals surface area contributed by atoms with Crippen LogP contribution < -0.4 is 21.8 Å². The zero-order valence-corrected chi connectivity index (χ0v) is 27.5. The van der Waals surface area contributed by atoms with E-state index in [1.165, 1.54) is 18.2 Å². The summed E-state index contributed by atoms with van der Waals surface area (Å²) in [6, 6.07) is 17.2. The topological polar surface area (TPSA) is 134 Å². The second-order valence-corrected chi connectivity index (χ2v) is 12.6. The van der Waals surface area contributed by atoms with Crippen LogP contribution >= 0.6 is 23.2 Å². The van der Waals surface area contributed by atoms with Crippen LogP contribution in [0.4, 0.5) is 20.5 Å². The molecule has 1 fully saturated rings. The van der Waals surface area contributed by atoms with E-state index in [1.807, 2.05) is 30.6 Å². The Morgan fingerprint density at radius 1 is 0.915 bits per heavy atom. The van der Waals surface area contributed by atoms with Crippen molar-refractivity contribution in [2.45, 2.75) is 64.2 Å². The van der Waals surface area contributed by atoms with Gasteiger partial charge in [-0.2, -0.15) is 9.97 Å². The lowest BCUT2D eigenvalue weighted by Crippen LogP contribution is -2.33. The number of hydrogen-bond acceptors (Lipinski definition) is 8. The molecule has 0 amide bonds. The molecule has 246 valence electrons. The first-order chi connectivity index (χ1) is 22.5. The van der Waals surface area contributed by atoms with E-state index in [9.17, 15) is 8.78 Å². The van der Waals surface area contributed by atoms with Gasteiger partial charge in [-0.05, 0) is 85.9 Å². The molecule has 1 saturated carbocycles. The minimum Gasteiger partial charge on any atom is -0.423 e. The molecule has 0 unspecified atom stereocenters. The molecule has 0 saturated heterocycles. The first-order valence-electron chi connectivity index (χ1n) is 15.3. The number of benzene rings is 3. The summed E-state index contributed by atoms with van der Waals surface area (Å²) in [5.74, 6) is 0.314. The number of hydrogen-bond donors (Lipinski definition) is 5. The van der Waals surface area contributed by atoms with Crippen molar-refractivity contribution in [2.75, 3.05) is 10.6 Å². The monoisotopic (exact) mass is 681 g/mol. The summed E-state index contributed by atoms with van der Waals surface area (Å²) in [5, 5.41) is 24.2. The Morgan fingerprint density at radius 2 is 1.55 bits per heavy atom. The highest BCUT2D eigenvalue weighted by Gasteiger charge is 2.21. The highest BCUT2D eigenvalue weighted by atomic mass is 35.5. The van der Waals surface area contributed by atoms with Crippen LogP contribution in [0.15, 0.2) is 67.0 Å². The number of anilines is 2. The lowest BCUT2D eigenvalue weighted by Gasteiger charge is -2.27. The second-order valence-electron chi connectivity index (χ2n) is 11.8. The van der Waals surface area contributed by atoms with Gasteiger partial charge < -0.3 is 31.0 Å². The molecule has 14 heteroatoms. The molecule has 3 aromatic carbocycles. The molecular formula is C33H36BCl2F2N7O2. The van der Waals surface area contributed by atoms with Crippen molar-refractivity contribution in [3.05, 3.63) is 94.2 Å². The number of nitrogens with one attached hydrogen (secondary N) is 2. The van der Waals surface area contributed by atoms with Crippen LogP contribution in [-0.2, 0) is 6.54 Å². The fraction of sp³-hybridized carbons (Fsp3) is 0.303. The van der Waals surface area contributed by atoms with Crippen molar-refractivity contribution in [2.24, 2.45) is 5.73 Å². The summed E-state index contributed by atoms with van der Waals surface area (Å²) >= 11 is 11.3. The van der Waals surface area contributed by atoms with Crippen LogP contribution in [0, 0.1) is 11.6 Å². The SMILES string of the molecule is CC(C)n1cnc2c(NCc3ccc(-c4ccc(F)c(Cl)c4)cc3)nc(NC3CCC(N)CC3)nc21.OB(O)c1ccc(F)c(Cl)c1. The minimum absolute atomic E-state index is 0.115. The molecule has 1 aliphatic rings. The summed E-state index contributed by atoms with van der Waals surface area (Å²) in [6.45, 7) is 4.80. The lowest BCUT2D eigenvalue weighted by molar-refractivity contribution is 0.410. The van der Waals surface area contributed by atoms with Crippen LogP contribution in [0.3, 0.4) is 0 Å². The Hall–Kier alpha value is -3.81. The number of halogens is 4. The van der Waals surface area contributed by atoms with E-state index in [2.05, 4.69) is 34.0 Å². The Bertz CT molecular complexity index is 1820. The van der Waals surface area contributed by atoms with Crippen LogP contribution in [0.25, 0.3) is 22.3 Å². The number of imidazole rings is 1. The standard InChI is InChI=1S/C27H31ClFN7.C6H5BClFO2/c1-16(2)36-15-32-24-25(34-27(35-26(24)36)33-21-10-8-20(30)9-11-21)31-14-17-3-5-18(6-4-17)19-7-12-23(29)22(28)13-19;8-5-3-4(7(10)11)1-2-6(5)9/h3-7,12-13,15-16,20-21H,8-11,14,30H2,1-2H3,(H2,31,33,34,35);1-3,10-11H. The van der Waals surface area contributed by atoms with E-state index >= 15 is 0 Å². The van der Waals surface area contributed by atoms with Crippen LogP contribution in [0.1, 0.15) is 51.1 Å². The second kappa shape index (κ2) is 15.4. The number of nitrogens with two attached hydrogens (primary N) is 1. The van der Waals surface area contributed by atoms with Gasteiger partial charge in [0.2, 0.25) is 5.95 Å². The van der Waals surface area contributed by atoms with Gasteiger partial charge in [0.25, 0.3) is 0 Å². The zero-order chi connectivity index (χ0) is 33.7. The Kier molecular flexibility index (Phi) is 11.3. The molecular weight excluding hydrogens is 646 g/mol. The van der Waals surface area contributed by atoms with Crippen LogP contribution in [0.2, 0.25) is 10.0 Å². The van der Waals surface area contributed by atoms with Gasteiger partial charge in [-0.25, -0.2) is 13.8 Å². The van der Waals surface area contributed by atoms with Crippen molar-refractivity contribution in [3.8, 4) is 11.1 Å². The van der Waals surface area contributed by atoms with E-state index < -0.39 is 18.8 Å². The Labute approximate surface area is 282 Å². The first-order valence-corrected chi connectivity index (χ1v) is 16.1. The highest BCUT2D eigenvalue weighted by molar-refractivity contribution is 6.59. The van der Waals surface area contributed by atoms with Gasteiger partial charge in [0, 0.05) is 24.7 Å². The predicted octanol–water partition coefficient (Wildman–Crippen LogP) is 6.32. The van der Waals surface area contributed by atoms with E-state index in [1.54, 1.807) is 12.1 Å². The van der Waals surface area contributed by atoms with Crippen molar-refractivity contribution >= 4 is 58.7 Å². The molecule has 6 rings (SSSR count). The molecule has 0 spiro atoms. The number of rotatable bonds is 8. The number of aromatic nitrogens is 4. The molecule has 5 aromatic rings. The van der Waals surface area contributed by atoms with Crippen molar-refractivity contribution in [1.82, 2.24) is 19.5 Å². The third-order valence-electron chi connectivity index (χ3n) is 7.99. The van der Waals surface area contributed by atoms with Gasteiger partial charge in [0.1, 0.15) is 11.6 Å². The maximum absolute atomic E-state index is 13.5. The summed E-state index contributed by atoms with van der Waals surface area (Å²) in [6.07, 6.45) is 5.87. The molecule has 1 aliphatic carbocycles. The van der Waals surface area contributed by atoms with Gasteiger partial charge >= 0.3 is 7.12 Å². The van der Waals surface area contributed by atoms with Crippen molar-refractivity contribution in [3.63, 3.8) is 0 Å². The fourth-order valence-corrected chi connectivity index (χ4v) is 5.65. The quantitative estimate of drug-likeness (QED) is 0.120. The van der Waals surface area contributed by atoms with E-state index in [-0.39, 0.29) is 27.6 Å². The smallest absolute Gasteiger partial charge is 0.423 e. The third kappa shape index (κ3) is 8.76. The molecule has 0 radical (unpaired) electrons. The van der Waals surface area contributed by atoms with Gasteiger partial charge in [-0.3, -0.25) is 0 Å². The van der Waals surface area contributed by atoms with E-state index in [4.69, 9.17) is 49.0 Å². The predicted molar refractivity (Wildman–Crippen MR) is 185 cm³/mol. The first kappa shape index (κ1) is 34.5. The van der Waals surface area contributed by atoms with Gasteiger partial charge in [-0.15, -0.1) is 0 Å². The average Bonchev–Trinajstić information content (AvgIpc) is 3.49. The summed E-state index contributed by atoms with van der Waals surface area (Å²) in [7, 11) is -1.60. The lowest BCUT2D eigenvalue weighted by atomic mass is 9.80. The number of nitrogens with zero attached hydrogens (tertiary/aromatic N) is 4. The molecule has 0 aliphatic heterocycles. The molecule has 2 heterocycles. The summed E-state index contributed by atoms with van der Waals surface area (Å²) in [4.78, 5) is 14.2. The molecule has 47 heavy (non-hydrogen) atoms. The normalized spacial score (nSPS) is 16.1. The van der Waals surface area contributed by atoms with Gasteiger partial charge in [-0.1, -0.05) is 59.6 Å². The molecule has 0 bridgehead atoms. The minimum atomic E-state index is -1.60. The maximum atomic E-state index is 13.5. The number of fused-ring (bicyclic) bond motifs is 1. The molecule has 0 atom stereocenters. The Balaban J connectivity index is 0.000000335. The molecule has 6 N–H and O–H groups in total. The van der Waals surface area contributed by atoms with E-state index in [0.717, 1.165) is 59.6 Å². The van der Waals surface area contributed by atoms with Crippen molar-refractivity contribution < 1.29 is 18.8 Å². The maximum Gasteiger partial charge on any atom is 0.488 e. The summed E-state index contributed by atoms with van der Waals surface area (Å²) < 4.78 is 28.0. The Morgan fingerprint density at radius 3 is 2.17 bits per heavy atom.